The molecule has 0 bridgehead atoms. The molecule has 3 nitrogen and oxygen atoms in total. The van der Waals surface area contributed by atoms with Gasteiger partial charge in [0.15, 0.2) is 0 Å². The molecular weight excluding hydrogens is 232 g/mol. The topological polar surface area (TPSA) is 38.0 Å². The van der Waals surface area contributed by atoms with Crippen molar-refractivity contribution in [3.63, 3.8) is 0 Å². The molecule has 0 unspecified atom stereocenters. The van der Waals surface area contributed by atoms with E-state index in [0.29, 0.717) is 0 Å². The quantitative estimate of drug-likeness (QED) is 0.832. The zero-order chi connectivity index (χ0) is 9.42. The molecule has 1 aromatic carbocycles. The van der Waals surface area contributed by atoms with Crippen LogP contribution in [0.25, 0.3) is 10.9 Å². The van der Waals surface area contributed by atoms with Crippen molar-refractivity contribution in [1.82, 2.24) is 9.78 Å². The Morgan fingerprint density at radius 3 is 3.00 bits per heavy atom. The summed E-state index contributed by atoms with van der Waals surface area (Å²) in [6.07, 6.45) is 0. The van der Waals surface area contributed by atoms with E-state index in [4.69, 9.17) is 0 Å². The summed E-state index contributed by atoms with van der Waals surface area (Å²) in [5.74, 6) is 0.251. The molecule has 0 saturated heterocycles. The third-order valence-electron chi connectivity index (χ3n) is 1.96. The normalized spacial score (nSPS) is 10.9. The van der Waals surface area contributed by atoms with Gasteiger partial charge in [0.05, 0.1) is 5.52 Å². The minimum absolute atomic E-state index is 0.251. The lowest BCUT2D eigenvalue weighted by molar-refractivity contribution is 0.476. The van der Waals surface area contributed by atoms with E-state index < -0.39 is 0 Å². The Morgan fingerprint density at radius 2 is 2.31 bits per heavy atom. The molecule has 68 valence electrons. The van der Waals surface area contributed by atoms with E-state index in [1.807, 2.05) is 17.7 Å². The highest BCUT2D eigenvalue weighted by Gasteiger charge is 2.06. The molecule has 0 radical (unpaired) electrons. The number of aryl methyl sites for hydroxylation is 1. The Morgan fingerprint density at radius 1 is 1.54 bits per heavy atom. The third-order valence-corrected chi connectivity index (χ3v) is 2.79. The molecule has 0 aliphatic heterocycles. The molecule has 0 amide bonds. The Balaban J connectivity index is 2.76. The van der Waals surface area contributed by atoms with Crippen LogP contribution in [0.5, 0.6) is 5.75 Å². The average Bonchev–Trinajstić information content (AvgIpc) is 2.42. The Labute approximate surface area is 84.1 Å². The zero-order valence-electron chi connectivity index (χ0n) is 7.16. The van der Waals surface area contributed by atoms with Gasteiger partial charge in [-0.25, -0.2) is 0 Å². The monoisotopic (exact) mass is 240 g/mol. The summed E-state index contributed by atoms with van der Waals surface area (Å²) < 4.78 is 2.81. The number of nitrogens with zero attached hydrogens (tertiary/aromatic N) is 2. The fourth-order valence-electron chi connectivity index (χ4n) is 1.30. The second-order valence-corrected chi connectivity index (χ2v) is 3.56. The van der Waals surface area contributed by atoms with Gasteiger partial charge in [-0.2, -0.15) is 5.10 Å². The van der Waals surface area contributed by atoms with Gasteiger partial charge in [0.1, 0.15) is 10.4 Å². The third kappa shape index (κ3) is 1.31. The van der Waals surface area contributed by atoms with Crippen LogP contribution in [-0.2, 0) is 6.54 Å². The molecule has 0 fully saturated rings. The number of phenolic OH excluding ortho intramolecular Hbond substituents is 1. The number of benzene rings is 1. The second kappa shape index (κ2) is 3.03. The number of halogens is 1. The molecule has 1 aromatic heterocycles. The van der Waals surface area contributed by atoms with E-state index in [2.05, 4.69) is 21.0 Å². The summed E-state index contributed by atoms with van der Waals surface area (Å²) in [6.45, 7) is 2.84. The van der Waals surface area contributed by atoms with Crippen LogP contribution in [-0.4, -0.2) is 14.9 Å². The first kappa shape index (κ1) is 8.56. The molecule has 1 N–H and O–H groups in total. The summed E-state index contributed by atoms with van der Waals surface area (Å²) in [4.78, 5) is 0. The van der Waals surface area contributed by atoms with Crippen LogP contribution in [0.15, 0.2) is 22.8 Å². The molecule has 0 atom stereocenters. The van der Waals surface area contributed by atoms with E-state index >= 15 is 0 Å². The SMILES string of the molecule is CCn1nc2cc(O)ccc2c1Br. The Hall–Kier alpha value is -1.03. The molecule has 13 heavy (non-hydrogen) atoms. The lowest BCUT2D eigenvalue weighted by Crippen LogP contribution is -1.95. The molecular formula is C9H9BrN2O. The minimum atomic E-state index is 0.251. The van der Waals surface area contributed by atoms with Crippen LogP contribution < -0.4 is 0 Å². The van der Waals surface area contributed by atoms with Crippen LogP contribution in [0.4, 0.5) is 0 Å². The van der Waals surface area contributed by atoms with E-state index in [0.717, 1.165) is 22.1 Å². The van der Waals surface area contributed by atoms with Gasteiger partial charge in [-0.3, -0.25) is 4.68 Å². The first-order chi connectivity index (χ1) is 6.22. The number of fused-ring (bicyclic) bond motifs is 1. The van der Waals surface area contributed by atoms with Crippen molar-refractivity contribution in [1.29, 1.82) is 0 Å². The summed E-state index contributed by atoms with van der Waals surface area (Å²) in [5.41, 5.74) is 0.814. The maximum absolute atomic E-state index is 9.24. The molecule has 2 rings (SSSR count). The maximum Gasteiger partial charge on any atom is 0.117 e. The second-order valence-electron chi connectivity index (χ2n) is 2.81. The fraction of sp³-hybridized carbons (Fsp3) is 0.222. The van der Waals surface area contributed by atoms with Crippen LogP contribution in [0.1, 0.15) is 6.92 Å². The lowest BCUT2D eigenvalue weighted by Gasteiger charge is -1.94. The number of aromatic hydroxyl groups is 1. The first-order valence-electron chi connectivity index (χ1n) is 4.07. The molecule has 1 heterocycles. The van der Waals surface area contributed by atoms with Gasteiger partial charge >= 0.3 is 0 Å². The van der Waals surface area contributed by atoms with E-state index in [1.165, 1.54) is 0 Å². The number of hydrogen-bond donors (Lipinski definition) is 1. The molecule has 2 aromatic rings. The molecule has 0 spiro atoms. The van der Waals surface area contributed by atoms with Gasteiger partial charge in [-0.15, -0.1) is 0 Å². The van der Waals surface area contributed by atoms with E-state index in [9.17, 15) is 5.11 Å². The summed E-state index contributed by atoms with van der Waals surface area (Å²) in [5, 5.41) is 14.6. The van der Waals surface area contributed by atoms with Crippen molar-refractivity contribution in [2.45, 2.75) is 13.5 Å². The number of phenols is 1. The highest BCUT2D eigenvalue weighted by molar-refractivity contribution is 9.10. The highest BCUT2D eigenvalue weighted by atomic mass is 79.9. The van der Waals surface area contributed by atoms with Gasteiger partial charge < -0.3 is 5.11 Å². The average molecular weight is 241 g/mol. The van der Waals surface area contributed by atoms with Gasteiger partial charge in [-0.05, 0) is 35.0 Å². The van der Waals surface area contributed by atoms with Crippen LogP contribution in [0.3, 0.4) is 0 Å². The molecule has 0 aliphatic carbocycles. The standard InChI is InChI=1S/C9H9BrN2O/c1-2-12-9(10)7-4-3-6(13)5-8(7)11-12/h3-5,13H,2H2,1H3. The summed E-state index contributed by atoms with van der Waals surface area (Å²) in [7, 11) is 0. The fourth-order valence-corrected chi connectivity index (χ4v) is 1.97. The Kier molecular flexibility index (Phi) is 2.00. The smallest absolute Gasteiger partial charge is 0.117 e. The van der Waals surface area contributed by atoms with Gasteiger partial charge in [-0.1, -0.05) is 0 Å². The molecule has 0 aliphatic rings. The van der Waals surface area contributed by atoms with Crippen molar-refractivity contribution in [3.8, 4) is 5.75 Å². The lowest BCUT2D eigenvalue weighted by atomic mass is 10.2. The van der Waals surface area contributed by atoms with E-state index in [-0.39, 0.29) is 5.75 Å². The molecule has 0 saturated carbocycles. The van der Waals surface area contributed by atoms with Crippen LogP contribution in [0, 0.1) is 0 Å². The van der Waals surface area contributed by atoms with Crippen LogP contribution in [0.2, 0.25) is 0 Å². The van der Waals surface area contributed by atoms with Crippen molar-refractivity contribution in [3.05, 3.63) is 22.8 Å². The van der Waals surface area contributed by atoms with Crippen molar-refractivity contribution >= 4 is 26.8 Å². The zero-order valence-corrected chi connectivity index (χ0v) is 8.74. The van der Waals surface area contributed by atoms with Gasteiger partial charge in [0.2, 0.25) is 0 Å². The largest absolute Gasteiger partial charge is 0.508 e. The van der Waals surface area contributed by atoms with Crippen molar-refractivity contribution in [2.24, 2.45) is 0 Å². The Bertz CT molecular complexity index is 450. The predicted octanol–water partition coefficient (Wildman–Crippen LogP) is 2.52. The maximum atomic E-state index is 9.24. The summed E-state index contributed by atoms with van der Waals surface area (Å²) in [6, 6.07) is 5.18. The minimum Gasteiger partial charge on any atom is -0.508 e. The first-order valence-corrected chi connectivity index (χ1v) is 4.86. The van der Waals surface area contributed by atoms with Crippen molar-refractivity contribution in [2.75, 3.05) is 0 Å². The van der Waals surface area contributed by atoms with E-state index in [1.54, 1.807) is 12.1 Å². The van der Waals surface area contributed by atoms with Gasteiger partial charge in [0.25, 0.3) is 0 Å². The molecule has 4 heteroatoms. The van der Waals surface area contributed by atoms with Crippen LogP contribution >= 0.6 is 15.9 Å². The van der Waals surface area contributed by atoms with Gasteiger partial charge in [0, 0.05) is 18.0 Å². The number of aromatic nitrogens is 2. The van der Waals surface area contributed by atoms with Crippen molar-refractivity contribution < 1.29 is 5.11 Å². The number of rotatable bonds is 1. The highest BCUT2D eigenvalue weighted by Crippen LogP contribution is 2.26. The number of hydrogen-bond acceptors (Lipinski definition) is 2. The predicted molar refractivity (Wildman–Crippen MR) is 54.8 cm³/mol. The summed E-state index contributed by atoms with van der Waals surface area (Å²) >= 11 is 3.46.